The lowest BCUT2D eigenvalue weighted by molar-refractivity contribution is 0.139. The first kappa shape index (κ1) is 16.7. The molecule has 0 saturated heterocycles. The maximum atomic E-state index is 11.9. The van der Waals surface area contributed by atoms with Crippen LogP contribution in [0.3, 0.4) is 0 Å². The fourth-order valence-electron chi connectivity index (χ4n) is 1.64. The number of alkyl carbamates (subject to hydrolysis) is 1. The van der Waals surface area contributed by atoms with Crippen molar-refractivity contribution in [1.29, 1.82) is 0 Å². The number of rotatable bonds is 5. The smallest absolute Gasteiger partial charge is 0.407 e. The molecular formula is C14H13Br2N3O3. The largest absolute Gasteiger partial charge is 0.445 e. The number of carbonyl (C=O) groups excluding carboxylic acids is 1. The van der Waals surface area contributed by atoms with Gasteiger partial charge >= 0.3 is 6.09 Å². The van der Waals surface area contributed by atoms with Gasteiger partial charge in [-0.1, -0.05) is 30.3 Å². The molecule has 8 heteroatoms. The van der Waals surface area contributed by atoms with Crippen LogP contribution in [0.25, 0.3) is 0 Å². The summed E-state index contributed by atoms with van der Waals surface area (Å²) in [4.78, 5) is 23.4. The van der Waals surface area contributed by atoms with E-state index in [2.05, 4.69) is 42.3 Å². The lowest BCUT2D eigenvalue weighted by atomic mass is 10.2. The third-order valence-corrected chi connectivity index (χ3v) is 4.65. The molecule has 0 saturated carbocycles. The van der Waals surface area contributed by atoms with Crippen LogP contribution in [0.4, 0.5) is 4.79 Å². The molecule has 116 valence electrons. The maximum Gasteiger partial charge on any atom is 0.407 e. The zero-order valence-electron chi connectivity index (χ0n) is 11.5. The molecule has 2 aromatic rings. The molecule has 1 heterocycles. The van der Waals surface area contributed by atoms with Gasteiger partial charge < -0.3 is 10.1 Å². The van der Waals surface area contributed by atoms with E-state index in [0.717, 1.165) is 5.56 Å². The van der Waals surface area contributed by atoms with Crippen LogP contribution in [-0.2, 0) is 17.9 Å². The Hall–Kier alpha value is -1.67. The average molecular weight is 431 g/mol. The molecule has 0 atom stereocenters. The number of benzene rings is 1. The van der Waals surface area contributed by atoms with Gasteiger partial charge in [0.25, 0.3) is 5.56 Å². The lowest BCUT2D eigenvalue weighted by Crippen LogP contribution is -2.32. The molecule has 0 bridgehead atoms. The van der Waals surface area contributed by atoms with Gasteiger partial charge in [-0.25, -0.2) is 9.48 Å². The van der Waals surface area contributed by atoms with E-state index in [1.54, 1.807) is 0 Å². The molecule has 0 aliphatic heterocycles. The Kier molecular flexibility index (Phi) is 6.14. The van der Waals surface area contributed by atoms with E-state index in [0.29, 0.717) is 8.95 Å². The fraction of sp³-hybridized carbons (Fsp3) is 0.214. The number of aromatic nitrogens is 2. The highest BCUT2D eigenvalue weighted by Gasteiger charge is 2.07. The van der Waals surface area contributed by atoms with Crippen molar-refractivity contribution < 1.29 is 9.53 Å². The van der Waals surface area contributed by atoms with E-state index in [1.165, 1.54) is 10.9 Å². The molecule has 22 heavy (non-hydrogen) atoms. The van der Waals surface area contributed by atoms with Gasteiger partial charge in [-0.2, -0.15) is 5.10 Å². The normalized spacial score (nSPS) is 10.3. The second-order valence-electron chi connectivity index (χ2n) is 4.32. The number of halogens is 2. The van der Waals surface area contributed by atoms with Crippen LogP contribution < -0.4 is 10.9 Å². The van der Waals surface area contributed by atoms with Crippen LogP contribution in [-0.4, -0.2) is 22.4 Å². The predicted molar refractivity (Wildman–Crippen MR) is 88.5 cm³/mol. The number of hydrogen-bond donors (Lipinski definition) is 1. The summed E-state index contributed by atoms with van der Waals surface area (Å²) in [5.41, 5.74) is 0.640. The minimum Gasteiger partial charge on any atom is -0.445 e. The number of carbonyl (C=O) groups is 1. The minimum atomic E-state index is -0.534. The maximum absolute atomic E-state index is 11.9. The van der Waals surface area contributed by atoms with Gasteiger partial charge in [0.15, 0.2) is 0 Å². The molecule has 0 radical (unpaired) electrons. The number of ether oxygens (including phenoxy) is 1. The monoisotopic (exact) mass is 429 g/mol. The lowest BCUT2D eigenvalue weighted by Gasteiger charge is -2.08. The van der Waals surface area contributed by atoms with Crippen LogP contribution in [0.1, 0.15) is 5.56 Å². The Morgan fingerprint density at radius 3 is 2.73 bits per heavy atom. The molecule has 6 nitrogen and oxygen atoms in total. The van der Waals surface area contributed by atoms with E-state index in [-0.39, 0.29) is 25.3 Å². The minimum absolute atomic E-state index is 0.203. The standard InChI is InChI=1S/C14H13Br2N3O3/c15-11-8-18-19(13(20)12(11)16)7-6-17-14(21)22-9-10-4-2-1-3-5-10/h1-5,8H,6-7,9H2,(H,17,21). The number of amides is 1. The van der Waals surface area contributed by atoms with Crippen LogP contribution >= 0.6 is 31.9 Å². The van der Waals surface area contributed by atoms with Crippen molar-refractivity contribution >= 4 is 38.0 Å². The highest BCUT2D eigenvalue weighted by Crippen LogP contribution is 2.16. The summed E-state index contributed by atoms with van der Waals surface area (Å²) in [6.07, 6.45) is 0.979. The molecule has 2 rings (SSSR count). The molecule has 0 spiro atoms. The number of nitrogens with zero attached hydrogens (tertiary/aromatic N) is 2. The van der Waals surface area contributed by atoms with Gasteiger partial charge in [-0.3, -0.25) is 4.79 Å². The van der Waals surface area contributed by atoms with Gasteiger partial charge in [0, 0.05) is 6.54 Å². The molecule has 1 aromatic carbocycles. The van der Waals surface area contributed by atoms with Crippen LogP contribution in [0.15, 0.2) is 50.3 Å². The van der Waals surface area contributed by atoms with Crippen molar-refractivity contribution in [2.24, 2.45) is 0 Å². The first-order valence-electron chi connectivity index (χ1n) is 6.43. The van der Waals surface area contributed by atoms with Crippen LogP contribution in [0, 0.1) is 0 Å². The average Bonchev–Trinajstić information content (AvgIpc) is 2.54. The molecule has 1 aromatic heterocycles. The molecule has 0 unspecified atom stereocenters. The third kappa shape index (κ3) is 4.67. The molecule has 0 aliphatic carbocycles. The fourth-order valence-corrected chi connectivity index (χ4v) is 2.21. The Bertz CT molecular complexity index is 704. The second kappa shape index (κ2) is 8.09. The summed E-state index contributed by atoms with van der Waals surface area (Å²) in [6.45, 7) is 0.703. The van der Waals surface area contributed by atoms with Crippen molar-refractivity contribution in [2.45, 2.75) is 13.2 Å². The van der Waals surface area contributed by atoms with Crippen molar-refractivity contribution in [3.8, 4) is 0 Å². The van der Waals surface area contributed by atoms with Crippen LogP contribution in [0.2, 0.25) is 0 Å². The van der Waals surface area contributed by atoms with Gasteiger partial charge in [-0.15, -0.1) is 0 Å². The van der Waals surface area contributed by atoms with E-state index >= 15 is 0 Å². The highest BCUT2D eigenvalue weighted by molar-refractivity contribution is 9.13. The molecular weight excluding hydrogens is 418 g/mol. The van der Waals surface area contributed by atoms with Gasteiger partial charge in [0.1, 0.15) is 11.1 Å². The summed E-state index contributed by atoms with van der Waals surface area (Å²) in [5.74, 6) is 0. The molecule has 0 aliphatic rings. The first-order valence-corrected chi connectivity index (χ1v) is 8.02. The SMILES string of the molecule is O=C(NCCn1ncc(Br)c(Br)c1=O)OCc1ccccc1. The Labute approximate surface area is 143 Å². The third-order valence-electron chi connectivity index (χ3n) is 2.75. The molecule has 1 amide bonds. The van der Waals surface area contributed by atoms with Crippen molar-refractivity contribution in [3.05, 3.63) is 61.4 Å². The number of hydrogen-bond acceptors (Lipinski definition) is 4. The Morgan fingerprint density at radius 2 is 2.00 bits per heavy atom. The number of nitrogens with one attached hydrogen (secondary N) is 1. The molecule has 0 fully saturated rings. The first-order chi connectivity index (χ1) is 10.6. The summed E-state index contributed by atoms with van der Waals surface area (Å²) >= 11 is 6.37. The zero-order chi connectivity index (χ0) is 15.9. The van der Waals surface area contributed by atoms with E-state index in [9.17, 15) is 9.59 Å². The Morgan fingerprint density at radius 1 is 1.27 bits per heavy atom. The van der Waals surface area contributed by atoms with Gasteiger partial charge in [0.05, 0.1) is 17.2 Å². The van der Waals surface area contributed by atoms with Crippen molar-refractivity contribution in [3.63, 3.8) is 0 Å². The van der Waals surface area contributed by atoms with E-state index < -0.39 is 6.09 Å². The van der Waals surface area contributed by atoms with Gasteiger partial charge in [0.2, 0.25) is 0 Å². The summed E-state index contributed by atoms with van der Waals surface area (Å²) < 4.78 is 7.31. The summed E-state index contributed by atoms with van der Waals surface area (Å²) in [7, 11) is 0. The highest BCUT2D eigenvalue weighted by atomic mass is 79.9. The Balaban J connectivity index is 1.78. The van der Waals surface area contributed by atoms with Gasteiger partial charge in [-0.05, 0) is 37.4 Å². The quantitative estimate of drug-likeness (QED) is 0.791. The van der Waals surface area contributed by atoms with Crippen molar-refractivity contribution in [2.75, 3.05) is 6.54 Å². The zero-order valence-corrected chi connectivity index (χ0v) is 14.6. The molecule has 1 N–H and O–H groups in total. The summed E-state index contributed by atoms with van der Waals surface area (Å²) in [6, 6.07) is 9.39. The topological polar surface area (TPSA) is 73.2 Å². The van der Waals surface area contributed by atoms with E-state index in [1.807, 2.05) is 30.3 Å². The second-order valence-corrected chi connectivity index (χ2v) is 5.97. The van der Waals surface area contributed by atoms with E-state index in [4.69, 9.17) is 4.74 Å². The predicted octanol–water partition coefficient (Wildman–Crippen LogP) is 2.69. The summed E-state index contributed by atoms with van der Waals surface area (Å²) in [5, 5.41) is 6.54. The van der Waals surface area contributed by atoms with Crippen LogP contribution in [0.5, 0.6) is 0 Å². The van der Waals surface area contributed by atoms with Crippen molar-refractivity contribution in [1.82, 2.24) is 15.1 Å².